The zero-order valence-corrected chi connectivity index (χ0v) is 9.51. The number of ether oxygens (including phenoxy) is 2. The molecule has 13 heavy (non-hydrogen) atoms. The highest BCUT2D eigenvalue weighted by Gasteiger charge is 2.13. The van der Waals surface area contributed by atoms with Crippen molar-refractivity contribution in [2.75, 3.05) is 14.2 Å². The molecule has 0 bridgehead atoms. The van der Waals surface area contributed by atoms with Crippen LogP contribution in [0.15, 0.2) is 0 Å². The van der Waals surface area contributed by atoms with Crippen LogP contribution in [0.25, 0.3) is 0 Å². The van der Waals surface area contributed by atoms with Crippen LogP contribution >= 0.6 is 0 Å². The van der Waals surface area contributed by atoms with Crippen LogP contribution < -0.4 is 0 Å². The molecule has 0 heterocycles. The number of hydrogen-bond acceptors (Lipinski definition) is 2. The predicted octanol–water partition coefficient (Wildman–Crippen LogP) is 3.21. The average Bonchev–Trinajstić information content (AvgIpc) is 2.19. The molecule has 0 aliphatic rings. The molecule has 0 aliphatic heterocycles. The van der Waals surface area contributed by atoms with Gasteiger partial charge in [0, 0.05) is 20.6 Å². The van der Waals surface area contributed by atoms with Crippen molar-refractivity contribution in [3.8, 4) is 0 Å². The Morgan fingerprint density at radius 1 is 1.08 bits per heavy atom. The fourth-order valence-electron chi connectivity index (χ4n) is 1.54. The van der Waals surface area contributed by atoms with Gasteiger partial charge >= 0.3 is 0 Å². The highest BCUT2D eigenvalue weighted by Crippen LogP contribution is 2.19. The maximum Gasteiger partial charge on any atom is 0.157 e. The van der Waals surface area contributed by atoms with Crippen LogP contribution in [0.5, 0.6) is 0 Å². The second-order valence-electron chi connectivity index (χ2n) is 3.55. The number of unbranched alkanes of at least 4 members (excludes halogenated alkanes) is 1. The van der Waals surface area contributed by atoms with Gasteiger partial charge in [-0.25, -0.2) is 0 Å². The van der Waals surface area contributed by atoms with E-state index in [0.29, 0.717) is 0 Å². The molecule has 2 nitrogen and oxygen atoms in total. The van der Waals surface area contributed by atoms with Crippen LogP contribution in [0.4, 0.5) is 0 Å². The van der Waals surface area contributed by atoms with E-state index in [2.05, 4.69) is 13.8 Å². The first-order chi connectivity index (χ1) is 6.28. The van der Waals surface area contributed by atoms with Crippen molar-refractivity contribution in [1.82, 2.24) is 0 Å². The van der Waals surface area contributed by atoms with E-state index in [1.54, 1.807) is 14.2 Å². The molecule has 0 radical (unpaired) electrons. The highest BCUT2D eigenvalue weighted by atomic mass is 16.7. The van der Waals surface area contributed by atoms with Crippen molar-refractivity contribution >= 4 is 0 Å². The van der Waals surface area contributed by atoms with E-state index in [0.717, 1.165) is 12.3 Å². The third-order valence-electron chi connectivity index (χ3n) is 2.59. The summed E-state index contributed by atoms with van der Waals surface area (Å²) in [6, 6.07) is 0. The van der Waals surface area contributed by atoms with E-state index in [1.165, 1.54) is 25.7 Å². The van der Waals surface area contributed by atoms with Gasteiger partial charge in [-0.05, 0) is 5.92 Å². The van der Waals surface area contributed by atoms with Crippen LogP contribution in [-0.2, 0) is 9.47 Å². The lowest BCUT2D eigenvalue weighted by atomic mass is 9.96. The van der Waals surface area contributed by atoms with Crippen molar-refractivity contribution in [2.45, 2.75) is 52.2 Å². The van der Waals surface area contributed by atoms with E-state index in [-0.39, 0.29) is 6.29 Å². The SMILES string of the molecule is CCCCC(CC)CC(OC)OC. The maximum absolute atomic E-state index is 5.19. The van der Waals surface area contributed by atoms with Gasteiger partial charge < -0.3 is 9.47 Å². The molecular formula is C11H24O2. The Morgan fingerprint density at radius 3 is 2.08 bits per heavy atom. The van der Waals surface area contributed by atoms with Crippen molar-refractivity contribution < 1.29 is 9.47 Å². The van der Waals surface area contributed by atoms with Gasteiger partial charge in [-0.2, -0.15) is 0 Å². The Balaban J connectivity index is 3.67. The summed E-state index contributed by atoms with van der Waals surface area (Å²) < 4.78 is 10.4. The minimum absolute atomic E-state index is 0.0122. The van der Waals surface area contributed by atoms with Crippen molar-refractivity contribution in [3.63, 3.8) is 0 Å². The molecule has 0 saturated carbocycles. The van der Waals surface area contributed by atoms with Crippen LogP contribution in [-0.4, -0.2) is 20.5 Å². The fraction of sp³-hybridized carbons (Fsp3) is 1.00. The zero-order valence-electron chi connectivity index (χ0n) is 9.51. The Morgan fingerprint density at radius 2 is 1.69 bits per heavy atom. The van der Waals surface area contributed by atoms with Crippen LogP contribution in [0.3, 0.4) is 0 Å². The molecule has 1 atom stereocenters. The summed E-state index contributed by atoms with van der Waals surface area (Å²) in [5.74, 6) is 0.754. The standard InChI is InChI=1S/C11H24O2/c1-5-7-8-10(6-2)9-11(12-3)13-4/h10-11H,5-9H2,1-4H3. The molecule has 0 rings (SSSR count). The van der Waals surface area contributed by atoms with Gasteiger partial charge in [0.05, 0.1) is 0 Å². The van der Waals surface area contributed by atoms with Crippen molar-refractivity contribution in [1.29, 1.82) is 0 Å². The number of methoxy groups -OCH3 is 2. The predicted molar refractivity (Wildman–Crippen MR) is 55.7 cm³/mol. The molecule has 0 aromatic rings. The first kappa shape index (κ1) is 12.9. The quantitative estimate of drug-likeness (QED) is 0.544. The van der Waals surface area contributed by atoms with E-state index >= 15 is 0 Å². The smallest absolute Gasteiger partial charge is 0.157 e. The molecule has 0 fully saturated rings. The van der Waals surface area contributed by atoms with Gasteiger partial charge in [-0.15, -0.1) is 0 Å². The molecule has 0 N–H and O–H groups in total. The van der Waals surface area contributed by atoms with Gasteiger partial charge in [0.2, 0.25) is 0 Å². The highest BCUT2D eigenvalue weighted by molar-refractivity contribution is 4.59. The lowest BCUT2D eigenvalue weighted by Crippen LogP contribution is -2.17. The first-order valence-corrected chi connectivity index (χ1v) is 5.34. The lowest BCUT2D eigenvalue weighted by molar-refractivity contribution is -0.114. The van der Waals surface area contributed by atoms with Crippen molar-refractivity contribution in [3.05, 3.63) is 0 Å². The molecule has 2 heteroatoms. The first-order valence-electron chi connectivity index (χ1n) is 5.34. The molecule has 80 valence electrons. The summed E-state index contributed by atoms with van der Waals surface area (Å²) in [6.07, 6.45) is 6.14. The third-order valence-corrected chi connectivity index (χ3v) is 2.59. The second kappa shape index (κ2) is 8.52. The topological polar surface area (TPSA) is 18.5 Å². The summed E-state index contributed by atoms with van der Waals surface area (Å²) in [5.41, 5.74) is 0. The maximum atomic E-state index is 5.19. The van der Waals surface area contributed by atoms with Gasteiger partial charge in [0.1, 0.15) is 0 Å². The summed E-state index contributed by atoms with van der Waals surface area (Å²) in [4.78, 5) is 0. The second-order valence-corrected chi connectivity index (χ2v) is 3.55. The third kappa shape index (κ3) is 6.05. The van der Waals surface area contributed by atoms with E-state index in [4.69, 9.17) is 9.47 Å². The van der Waals surface area contributed by atoms with Crippen LogP contribution in [0.1, 0.15) is 46.0 Å². The van der Waals surface area contributed by atoms with E-state index < -0.39 is 0 Å². The van der Waals surface area contributed by atoms with Crippen LogP contribution in [0, 0.1) is 5.92 Å². The minimum Gasteiger partial charge on any atom is -0.356 e. The van der Waals surface area contributed by atoms with E-state index in [9.17, 15) is 0 Å². The molecule has 0 aromatic carbocycles. The lowest BCUT2D eigenvalue weighted by Gasteiger charge is -2.20. The average molecular weight is 188 g/mol. The van der Waals surface area contributed by atoms with Gasteiger partial charge in [0.15, 0.2) is 6.29 Å². The summed E-state index contributed by atoms with van der Waals surface area (Å²) >= 11 is 0. The molecule has 1 unspecified atom stereocenters. The largest absolute Gasteiger partial charge is 0.356 e. The normalized spacial score (nSPS) is 13.6. The number of hydrogen-bond donors (Lipinski definition) is 0. The summed E-state index contributed by atoms with van der Waals surface area (Å²) in [5, 5.41) is 0. The zero-order chi connectivity index (χ0) is 10.1. The molecule has 0 aromatic heterocycles. The molecular weight excluding hydrogens is 164 g/mol. The van der Waals surface area contributed by atoms with E-state index in [1.807, 2.05) is 0 Å². The minimum atomic E-state index is -0.0122. The number of rotatable bonds is 8. The Hall–Kier alpha value is -0.0800. The molecule has 0 spiro atoms. The Kier molecular flexibility index (Phi) is 8.46. The molecule has 0 amide bonds. The van der Waals surface area contributed by atoms with Gasteiger partial charge in [-0.1, -0.05) is 39.5 Å². The molecule has 0 saturated heterocycles. The Labute approximate surface area is 82.6 Å². The summed E-state index contributed by atoms with van der Waals surface area (Å²) in [6.45, 7) is 4.47. The molecule has 0 aliphatic carbocycles. The monoisotopic (exact) mass is 188 g/mol. The Bertz CT molecular complexity index is 100. The van der Waals surface area contributed by atoms with Gasteiger partial charge in [0.25, 0.3) is 0 Å². The fourth-order valence-corrected chi connectivity index (χ4v) is 1.54. The van der Waals surface area contributed by atoms with Crippen molar-refractivity contribution in [2.24, 2.45) is 5.92 Å². The van der Waals surface area contributed by atoms with Crippen LogP contribution in [0.2, 0.25) is 0 Å². The summed E-state index contributed by atoms with van der Waals surface area (Å²) in [7, 11) is 3.42. The van der Waals surface area contributed by atoms with Gasteiger partial charge in [-0.3, -0.25) is 0 Å².